The van der Waals surface area contributed by atoms with Crippen LogP contribution in [-0.4, -0.2) is 18.4 Å². The van der Waals surface area contributed by atoms with E-state index in [-0.39, 0.29) is 17.1 Å². The van der Waals surface area contributed by atoms with Crippen molar-refractivity contribution in [3.8, 4) is 5.75 Å². The predicted molar refractivity (Wildman–Crippen MR) is 67.3 cm³/mol. The van der Waals surface area contributed by atoms with E-state index in [0.717, 1.165) is 4.90 Å². The van der Waals surface area contributed by atoms with E-state index in [1.54, 1.807) is 6.26 Å². The van der Waals surface area contributed by atoms with Crippen molar-refractivity contribution >= 4 is 33.5 Å². The lowest BCUT2D eigenvalue weighted by Gasteiger charge is -2.16. The molecule has 0 aliphatic carbocycles. The lowest BCUT2D eigenvalue weighted by Crippen LogP contribution is -2.19. The minimum Gasteiger partial charge on any atom is -0.405 e. The van der Waals surface area contributed by atoms with Crippen molar-refractivity contribution in [3.63, 3.8) is 0 Å². The summed E-state index contributed by atoms with van der Waals surface area (Å²) in [7, 11) is 0. The summed E-state index contributed by atoms with van der Waals surface area (Å²) >= 11 is 4.44. The van der Waals surface area contributed by atoms with Gasteiger partial charge < -0.3 is 4.74 Å². The number of alkyl halides is 4. The molecule has 18 heavy (non-hydrogen) atoms. The third-order valence-corrected chi connectivity index (χ3v) is 3.94. The maximum atomic E-state index is 12.2. The highest BCUT2D eigenvalue weighted by molar-refractivity contribution is 9.09. The molecule has 0 heterocycles. The van der Waals surface area contributed by atoms with Crippen LogP contribution in [0.3, 0.4) is 0 Å². The second kappa shape index (κ2) is 5.97. The van der Waals surface area contributed by atoms with Crippen LogP contribution in [0.2, 0.25) is 0 Å². The number of carbonyl (C=O) groups excluding carboxylic acids is 1. The summed E-state index contributed by atoms with van der Waals surface area (Å²) in [6.45, 7) is 1.29. The SMILES string of the molecule is CSc1ccc(OC(F)(F)F)c(C(Br)C(C)=O)c1. The highest BCUT2D eigenvalue weighted by Gasteiger charge is 2.33. The van der Waals surface area contributed by atoms with Crippen LogP contribution in [0.4, 0.5) is 13.2 Å². The summed E-state index contributed by atoms with van der Waals surface area (Å²) in [6, 6.07) is 4.23. The van der Waals surface area contributed by atoms with Gasteiger partial charge in [0.15, 0.2) is 0 Å². The average Bonchev–Trinajstić information content (AvgIpc) is 2.26. The van der Waals surface area contributed by atoms with Crippen molar-refractivity contribution in [2.24, 2.45) is 0 Å². The molecule has 1 atom stereocenters. The molecule has 1 rings (SSSR count). The fourth-order valence-electron chi connectivity index (χ4n) is 1.29. The third-order valence-electron chi connectivity index (χ3n) is 2.07. The number of hydrogen-bond acceptors (Lipinski definition) is 3. The van der Waals surface area contributed by atoms with Gasteiger partial charge in [0.05, 0.1) is 0 Å². The number of ketones is 1. The molecule has 0 saturated heterocycles. The Morgan fingerprint density at radius 2 is 2.06 bits per heavy atom. The first kappa shape index (κ1) is 15.4. The Morgan fingerprint density at radius 1 is 1.44 bits per heavy atom. The Hall–Kier alpha value is -0.690. The van der Waals surface area contributed by atoms with Crippen LogP contribution in [0, 0.1) is 0 Å². The molecule has 0 fully saturated rings. The molecule has 0 saturated carbocycles. The fourth-order valence-corrected chi connectivity index (χ4v) is 2.09. The minimum atomic E-state index is -4.78. The van der Waals surface area contributed by atoms with Gasteiger partial charge in [-0.15, -0.1) is 24.9 Å². The number of benzene rings is 1. The quantitative estimate of drug-likeness (QED) is 0.601. The summed E-state index contributed by atoms with van der Waals surface area (Å²) in [4.78, 5) is 11.2. The third kappa shape index (κ3) is 4.20. The molecule has 7 heteroatoms. The second-order valence-corrected chi connectivity index (χ2v) is 5.22. The van der Waals surface area contributed by atoms with Gasteiger partial charge in [0.1, 0.15) is 16.4 Å². The smallest absolute Gasteiger partial charge is 0.405 e. The summed E-state index contributed by atoms with van der Waals surface area (Å²) < 4.78 is 40.6. The molecule has 0 bridgehead atoms. The second-order valence-electron chi connectivity index (χ2n) is 3.42. The molecule has 0 aromatic heterocycles. The molecule has 0 radical (unpaired) electrons. The molecule has 1 unspecified atom stereocenters. The molecule has 0 N–H and O–H groups in total. The largest absolute Gasteiger partial charge is 0.573 e. The monoisotopic (exact) mass is 342 g/mol. The first-order valence-corrected chi connectivity index (χ1v) is 6.97. The number of carbonyl (C=O) groups is 1. The van der Waals surface area contributed by atoms with E-state index in [0.29, 0.717) is 0 Å². The molecule has 1 aromatic carbocycles. The zero-order chi connectivity index (χ0) is 13.9. The van der Waals surface area contributed by atoms with Gasteiger partial charge in [0.25, 0.3) is 0 Å². The van der Waals surface area contributed by atoms with Gasteiger partial charge in [-0.2, -0.15) is 0 Å². The Bertz CT molecular complexity index is 448. The number of halogens is 4. The standard InChI is InChI=1S/C11H10BrF3O2S/c1-6(16)10(12)8-5-7(18-2)3-4-9(8)17-11(13,14)15/h3-5,10H,1-2H3. The van der Waals surface area contributed by atoms with Gasteiger partial charge >= 0.3 is 6.36 Å². The number of thioether (sulfide) groups is 1. The first-order chi connectivity index (χ1) is 8.24. The van der Waals surface area contributed by atoms with E-state index >= 15 is 0 Å². The van der Waals surface area contributed by atoms with Crippen molar-refractivity contribution < 1.29 is 22.7 Å². The van der Waals surface area contributed by atoms with E-state index in [9.17, 15) is 18.0 Å². The summed E-state index contributed by atoms with van der Waals surface area (Å²) in [5, 5.41) is 0. The van der Waals surface area contributed by atoms with Crippen LogP contribution in [0.1, 0.15) is 17.3 Å². The van der Waals surface area contributed by atoms with Crippen LogP contribution in [0.5, 0.6) is 5.75 Å². The van der Waals surface area contributed by atoms with Crippen LogP contribution in [-0.2, 0) is 4.79 Å². The van der Waals surface area contributed by atoms with Crippen molar-refractivity contribution in [3.05, 3.63) is 23.8 Å². The summed E-state index contributed by atoms with van der Waals surface area (Å²) in [5.41, 5.74) is 0.173. The van der Waals surface area contributed by atoms with Crippen LogP contribution < -0.4 is 4.74 Å². The molecule has 1 aromatic rings. The van der Waals surface area contributed by atoms with Gasteiger partial charge in [-0.05, 0) is 31.4 Å². The zero-order valence-corrected chi connectivity index (χ0v) is 11.9. The number of rotatable bonds is 4. The Balaban J connectivity index is 3.20. The van der Waals surface area contributed by atoms with Crippen LogP contribution in [0.15, 0.2) is 23.1 Å². The molecule has 0 spiro atoms. The maximum Gasteiger partial charge on any atom is 0.573 e. The van der Waals surface area contributed by atoms with Gasteiger partial charge in [0, 0.05) is 10.5 Å². The lowest BCUT2D eigenvalue weighted by atomic mass is 10.1. The van der Waals surface area contributed by atoms with E-state index in [1.165, 1.54) is 36.9 Å². The van der Waals surface area contributed by atoms with Crippen molar-refractivity contribution in [2.75, 3.05) is 6.26 Å². The number of Topliss-reactive ketones (excluding diaryl/α,β-unsaturated/α-hetero) is 1. The fraction of sp³-hybridized carbons (Fsp3) is 0.364. The molecule has 0 aliphatic rings. The molecular formula is C11H10BrF3O2S. The zero-order valence-electron chi connectivity index (χ0n) is 9.55. The van der Waals surface area contributed by atoms with Crippen molar-refractivity contribution in [1.29, 1.82) is 0 Å². The van der Waals surface area contributed by atoms with Gasteiger partial charge in [-0.25, -0.2) is 0 Å². The van der Waals surface area contributed by atoms with Crippen molar-refractivity contribution in [1.82, 2.24) is 0 Å². The van der Waals surface area contributed by atoms with Crippen molar-refractivity contribution in [2.45, 2.75) is 23.0 Å². The highest BCUT2D eigenvalue weighted by atomic mass is 79.9. The molecule has 2 nitrogen and oxygen atoms in total. The molecule has 0 amide bonds. The van der Waals surface area contributed by atoms with E-state index in [4.69, 9.17) is 0 Å². The molecule has 0 aliphatic heterocycles. The topological polar surface area (TPSA) is 26.3 Å². The van der Waals surface area contributed by atoms with E-state index in [2.05, 4.69) is 20.7 Å². The van der Waals surface area contributed by atoms with Crippen LogP contribution >= 0.6 is 27.7 Å². The first-order valence-electron chi connectivity index (χ1n) is 4.83. The predicted octanol–water partition coefficient (Wildman–Crippen LogP) is 4.33. The Labute approximate surface area is 115 Å². The Kier molecular flexibility index (Phi) is 5.10. The maximum absolute atomic E-state index is 12.2. The van der Waals surface area contributed by atoms with Gasteiger partial charge in [0.2, 0.25) is 0 Å². The minimum absolute atomic E-state index is 0.173. The van der Waals surface area contributed by atoms with Gasteiger partial charge in [-0.3, -0.25) is 4.79 Å². The normalized spacial score (nSPS) is 13.2. The van der Waals surface area contributed by atoms with E-state index in [1.807, 2.05) is 0 Å². The average molecular weight is 343 g/mol. The summed E-state index contributed by atoms with van der Waals surface area (Å²) in [5.74, 6) is -0.655. The van der Waals surface area contributed by atoms with Crippen LogP contribution in [0.25, 0.3) is 0 Å². The Morgan fingerprint density at radius 3 is 2.50 bits per heavy atom. The molecule has 100 valence electrons. The van der Waals surface area contributed by atoms with E-state index < -0.39 is 11.2 Å². The number of ether oxygens (including phenoxy) is 1. The number of hydrogen-bond donors (Lipinski definition) is 0. The molecular weight excluding hydrogens is 333 g/mol. The highest BCUT2D eigenvalue weighted by Crippen LogP contribution is 2.37. The summed E-state index contributed by atoms with van der Waals surface area (Å²) in [6.07, 6.45) is -2.99. The van der Waals surface area contributed by atoms with Gasteiger partial charge in [-0.1, -0.05) is 15.9 Å². The lowest BCUT2D eigenvalue weighted by molar-refractivity contribution is -0.274.